The molecule has 1 aliphatic heterocycles. The van der Waals surface area contributed by atoms with E-state index in [4.69, 9.17) is 14.2 Å². The zero-order valence-electron chi connectivity index (χ0n) is 17.0. The first-order valence-electron chi connectivity index (χ1n) is 10.2. The summed E-state index contributed by atoms with van der Waals surface area (Å²) in [5, 5.41) is 3.04. The van der Waals surface area contributed by atoms with Crippen LogP contribution in [0.25, 0.3) is 0 Å². The van der Waals surface area contributed by atoms with Crippen LogP contribution in [-0.4, -0.2) is 45.9 Å². The first-order valence-corrected chi connectivity index (χ1v) is 10.2. The Balaban J connectivity index is 1.41. The molecule has 6 heteroatoms. The van der Waals surface area contributed by atoms with Gasteiger partial charge in [0.15, 0.2) is 17.6 Å². The maximum Gasteiger partial charge on any atom is 0.268 e. The first-order chi connectivity index (χ1) is 14.2. The summed E-state index contributed by atoms with van der Waals surface area (Å²) >= 11 is 0. The van der Waals surface area contributed by atoms with Crippen molar-refractivity contribution in [1.82, 2.24) is 5.32 Å². The van der Waals surface area contributed by atoms with Gasteiger partial charge in [-0.05, 0) is 55.6 Å². The number of anilines is 1. The molecule has 154 valence electrons. The maximum atomic E-state index is 12.9. The molecule has 1 amide bonds. The first kappa shape index (κ1) is 19.6. The number of hydrogen-bond acceptors (Lipinski definition) is 5. The van der Waals surface area contributed by atoms with Crippen molar-refractivity contribution >= 4 is 11.6 Å². The van der Waals surface area contributed by atoms with Crippen molar-refractivity contribution < 1.29 is 19.0 Å². The van der Waals surface area contributed by atoms with Crippen molar-refractivity contribution in [2.45, 2.75) is 31.3 Å². The van der Waals surface area contributed by atoms with E-state index in [-0.39, 0.29) is 5.91 Å². The van der Waals surface area contributed by atoms with Crippen LogP contribution in [0.5, 0.6) is 17.2 Å². The Hall–Kier alpha value is -2.73. The molecule has 1 heterocycles. The van der Waals surface area contributed by atoms with E-state index < -0.39 is 6.10 Å². The molecule has 2 aromatic carbocycles. The summed E-state index contributed by atoms with van der Waals surface area (Å²) in [5.74, 6) is 2.73. The highest BCUT2D eigenvalue weighted by molar-refractivity contribution is 5.99. The van der Waals surface area contributed by atoms with Crippen molar-refractivity contribution in [1.29, 1.82) is 0 Å². The number of carbonyl (C=O) groups is 1. The summed E-state index contributed by atoms with van der Waals surface area (Å²) in [6, 6.07) is 13.8. The van der Waals surface area contributed by atoms with Gasteiger partial charge < -0.3 is 24.4 Å². The van der Waals surface area contributed by atoms with Crippen LogP contribution in [0, 0.1) is 0 Å². The zero-order chi connectivity index (χ0) is 20.2. The SMILES string of the molecule is CNCCOc1ccc(N2CC[C@H](Oc3ccc(C4CC4)cc3)C2=O)cc1OC. The van der Waals surface area contributed by atoms with Crippen molar-refractivity contribution in [2.75, 3.05) is 38.8 Å². The number of nitrogens with zero attached hydrogens (tertiary/aromatic N) is 1. The van der Waals surface area contributed by atoms with Gasteiger partial charge in [-0.3, -0.25) is 4.79 Å². The van der Waals surface area contributed by atoms with Gasteiger partial charge in [-0.15, -0.1) is 0 Å². The highest BCUT2D eigenvalue weighted by Crippen LogP contribution is 2.40. The third-order valence-electron chi connectivity index (χ3n) is 5.43. The average molecular weight is 396 g/mol. The van der Waals surface area contributed by atoms with E-state index in [9.17, 15) is 4.79 Å². The van der Waals surface area contributed by atoms with Crippen LogP contribution in [-0.2, 0) is 4.79 Å². The van der Waals surface area contributed by atoms with Crippen molar-refractivity contribution in [3.63, 3.8) is 0 Å². The molecule has 0 bridgehead atoms. The molecule has 0 radical (unpaired) electrons. The second-order valence-electron chi connectivity index (χ2n) is 7.52. The monoisotopic (exact) mass is 396 g/mol. The standard InChI is InChI=1S/C23H28N2O4/c1-24-12-14-28-20-10-7-18(15-22(20)27-2)25-13-11-21(23(25)26)29-19-8-5-17(6-9-19)16-3-4-16/h5-10,15-16,21,24H,3-4,11-14H2,1-2H3/t21-/m0/s1. The second-order valence-corrected chi connectivity index (χ2v) is 7.52. The number of methoxy groups -OCH3 is 1. The van der Waals surface area contributed by atoms with Crippen LogP contribution < -0.4 is 24.4 Å². The molecule has 6 nitrogen and oxygen atoms in total. The van der Waals surface area contributed by atoms with Crippen molar-refractivity contribution in [3.05, 3.63) is 48.0 Å². The second kappa shape index (κ2) is 8.74. The molecular formula is C23H28N2O4. The van der Waals surface area contributed by atoms with E-state index in [1.807, 2.05) is 37.4 Å². The number of likely N-dealkylation sites (N-methyl/N-ethyl adjacent to an activating group) is 1. The zero-order valence-corrected chi connectivity index (χ0v) is 17.0. The Kier molecular flexibility index (Phi) is 5.90. The number of hydrogen-bond donors (Lipinski definition) is 1. The normalized spacial score (nSPS) is 18.8. The predicted octanol–water partition coefficient (Wildman–Crippen LogP) is 3.36. The summed E-state index contributed by atoms with van der Waals surface area (Å²) in [6.45, 7) is 1.91. The third-order valence-corrected chi connectivity index (χ3v) is 5.43. The van der Waals surface area contributed by atoms with Gasteiger partial charge in [0.1, 0.15) is 12.4 Å². The molecule has 2 fully saturated rings. The minimum absolute atomic E-state index is 0.0258. The molecule has 0 spiro atoms. The van der Waals surface area contributed by atoms with Crippen molar-refractivity contribution in [2.24, 2.45) is 0 Å². The Morgan fingerprint density at radius 2 is 1.86 bits per heavy atom. The van der Waals surface area contributed by atoms with Crippen molar-refractivity contribution in [3.8, 4) is 17.2 Å². The fraction of sp³-hybridized carbons (Fsp3) is 0.435. The summed E-state index contributed by atoms with van der Waals surface area (Å²) in [7, 11) is 3.48. The van der Waals surface area contributed by atoms with E-state index in [0.717, 1.165) is 18.0 Å². The Labute approximate surface area is 171 Å². The van der Waals surface area contributed by atoms with Gasteiger partial charge >= 0.3 is 0 Å². The molecule has 1 N–H and O–H groups in total. The van der Waals surface area contributed by atoms with Gasteiger partial charge in [0.25, 0.3) is 5.91 Å². The number of benzene rings is 2. The molecule has 1 aliphatic carbocycles. The quantitative estimate of drug-likeness (QED) is 0.659. The number of ether oxygens (including phenoxy) is 3. The van der Waals surface area contributed by atoms with Crippen LogP contribution in [0.15, 0.2) is 42.5 Å². The van der Waals surface area contributed by atoms with E-state index in [1.54, 1.807) is 12.0 Å². The van der Waals surface area contributed by atoms with Crippen LogP contribution in [0.4, 0.5) is 5.69 Å². The molecule has 0 unspecified atom stereocenters. The molecule has 2 aliphatic rings. The molecule has 4 rings (SSSR count). The maximum absolute atomic E-state index is 12.9. The van der Waals surface area contributed by atoms with Gasteiger partial charge in [0.2, 0.25) is 0 Å². The van der Waals surface area contributed by atoms with Gasteiger partial charge in [-0.25, -0.2) is 0 Å². The van der Waals surface area contributed by atoms with E-state index in [0.29, 0.717) is 37.0 Å². The lowest BCUT2D eigenvalue weighted by molar-refractivity contribution is -0.122. The molecule has 2 aromatic rings. The summed E-state index contributed by atoms with van der Waals surface area (Å²) in [6.07, 6.45) is 2.75. The topological polar surface area (TPSA) is 60.0 Å². The fourth-order valence-electron chi connectivity index (χ4n) is 3.63. The van der Waals surface area contributed by atoms with Crippen LogP contribution in [0.1, 0.15) is 30.7 Å². The molecule has 1 atom stereocenters. The number of nitrogens with one attached hydrogen (secondary N) is 1. The summed E-state index contributed by atoms with van der Waals surface area (Å²) < 4.78 is 17.2. The molecule has 1 saturated carbocycles. The Bertz CT molecular complexity index is 848. The molecule has 1 saturated heterocycles. The van der Waals surface area contributed by atoms with Gasteiger partial charge in [0, 0.05) is 31.3 Å². The summed E-state index contributed by atoms with van der Waals surface area (Å²) in [4.78, 5) is 14.7. The van der Waals surface area contributed by atoms with Gasteiger partial charge in [0.05, 0.1) is 7.11 Å². The lowest BCUT2D eigenvalue weighted by Gasteiger charge is -2.19. The highest BCUT2D eigenvalue weighted by Gasteiger charge is 2.35. The lowest BCUT2D eigenvalue weighted by atomic mass is 10.1. The fourth-order valence-corrected chi connectivity index (χ4v) is 3.63. The summed E-state index contributed by atoms with van der Waals surface area (Å²) in [5.41, 5.74) is 2.16. The van der Waals surface area contributed by atoms with Gasteiger partial charge in [-0.2, -0.15) is 0 Å². The third kappa shape index (κ3) is 4.48. The van der Waals surface area contributed by atoms with Crippen LogP contribution in [0.2, 0.25) is 0 Å². The number of amides is 1. The van der Waals surface area contributed by atoms with Crippen LogP contribution >= 0.6 is 0 Å². The lowest BCUT2D eigenvalue weighted by Crippen LogP contribution is -2.32. The van der Waals surface area contributed by atoms with E-state index in [2.05, 4.69) is 17.4 Å². The molecule has 0 aromatic heterocycles. The minimum Gasteiger partial charge on any atom is -0.493 e. The Morgan fingerprint density at radius 1 is 1.07 bits per heavy atom. The largest absolute Gasteiger partial charge is 0.493 e. The average Bonchev–Trinajstić information content (AvgIpc) is 3.54. The van der Waals surface area contributed by atoms with Crippen LogP contribution in [0.3, 0.4) is 0 Å². The number of rotatable bonds is 9. The minimum atomic E-state index is -0.459. The van der Waals surface area contributed by atoms with Gasteiger partial charge in [-0.1, -0.05) is 12.1 Å². The van der Waals surface area contributed by atoms with E-state index >= 15 is 0 Å². The molecule has 29 heavy (non-hydrogen) atoms. The highest BCUT2D eigenvalue weighted by atomic mass is 16.5. The Morgan fingerprint density at radius 3 is 2.55 bits per heavy atom. The smallest absolute Gasteiger partial charge is 0.268 e. The van der Waals surface area contributed by atoms with E-state index in [1.165, 1.54) is 18.4 Å². The molecular weight excluding hydrogens is 368 g/mol. The predicted molar refractivity (Wildman–Crippen MR) is 112 cm³/mol. The number of carbonyl (C=O) groups excluding carboxylic acids is 1.